The Morgan fingerprint density at radius 1 is 1.39 bits per heavy atom. The average molecular weight is 316 g/mol. The molecule has 2 aliphatic rings. The van der Waals surface area contributed by atoms with Crippen LogP contribution >= 0.6 is 0 Å². The predicted molar refractivity (Wildman–Crippen MR) is 91.3 cm³/mol. The number of nitrogens with zero attached hydrogens (tertiary/aromatic N) is 1. The van der Waals surface area contributed by atoms with Crippen LogP contribution in [0.25, 0.3) is 0 Å². The van der Waals surface area contributed by atoms with Crippen molar-refractivity contribution in [1.29, 1.82) is 0 Å². The normalized spacial score (nSPS) is 29.4. The van der Waals surface area contributed by atoms with Gasteiger partial charge >= 0.3 is 6.03 Å². The Morgan fingerprint density at radius 3 is 2.87 bits per heavy atom. The van der Waals surface area contributed by atoms with Gasteiger partial charge in [0.25, 0.3) is 0 Å². The van der Waals surface area contributed by atoms with E-state index in [0.717, 1.165) is 25.7 Å². The second-order valence-electron chi connectivity index (χ2n) is 7.45. The van der Waals surface area contributed by atoms with Crippen LogP contribution in [-0.4, -0.2) is 35.7 Å². The monoisotopic (exact) mass is 316 g/mol. The molecule has 0 aliphatic heterocycles. The van der Waals surface area contributed by atoms with Gasteiger partial charge in [-0.05, 0) is 43.2 Å². The van der Waals surface area contributed by atoms with E-state index in [9.17, 15) is 9.90 Å². The minimum Gasteiger partial charge on any atom is -0.393 e. The van der Waals surface area contributed by atoms with Crippen LogP contribution in [0.4, 0.5) is 4.79 Å². The zero-order valence-electron chi connectivity index (χ0n) is 14.4. The standard InChI is InChI=1S/C19H28N2O2/c1-12-7-8-14-10-13(2)18(16(14)9-12)20-19(23)21(3)11-15-5-4-6-17(15)22/h7-9,13,15,17-18,22H,4-6,10-11H2,1-3H3,(H,20,23). The summed E-state index contributed by atoms with van der Waals surface area (Å²) in [7, 11) is 1.83. The van der Waals surface area contributed by atoms with E-state index in [2.05, 4.69) is 37.4 Å². The van der Waals surface area contributed by atoms with Crippen molar-refractivity contribution in [3.05, 3.63) is 34.9 Å². The number of hydrogen-bond acceptors (Lipinski definition) is 2. The first-order chi connectivity index (χ1) is 11.0. The van der Waals surface area contributed by atoms with Gasteiger partial charge in [0.15, 0.2) is 0 Å². The zero-order valence-corrected chi connectivity index (χ0v) is 14.4. The van der Waals surface area contributed by atoms with Gasteiger partial charge in [-0.3, -0.25) is 0 Å². The van der Waals surface area contributed by atoms with E-state index in [4.69, 9.17) is 0 Å². The predicted octanol–water partition coefficient (Wildman–Crippen LogP) is 3.03. The molecular formula is C19H28N2O2. The Balaban J connectivity index is 1.65. The van der Waals surface area contributed by atoms with Crippen molar-refractivity contribution in [2.24, 2.45) is 11.8 Å². The van der Waals surface area contributed by atoms with Crippen molar-refractivity contribution >= 4 is 6.03 Å². The summed E-state index contributed by atoms with van der Waals surface area (Å²) in [6.45, 7) is 4.92. The van der Waals surface area contributed by atoms with Crippen molar-refractivity contribution in [1.82, 2.24) is 10.2 Å². The fraction of sp³-hybridized carbons (Fsp3) is 0.632. The molecule has 4 atom stereocenters. The molecule has 1 saturated carbocycles. The molecule has 4 heteroatoms. The highest BCUT2D eigenvalue weighted by Gasteiger charge is 2.32. The maximum atomic E-state index is 12.6. The SMILES string of the molecule is Cc1ccc2c(c1)C(NC(=O)N(C)CC1CCCC1O)C(C)C2. The van der Waals surface area contributed by atoms with Crippen LogP contribution in [-0.2, 0) is 6.42 Å². The Hall–Kier alpha value is -1.55. The molecule has 0 bridgehead atoms. The van der Waals surface area contributed by atoms with Gasteiger partial charge in [0, 0.05) is 19.5 Å². The third-order valence-corrected chi connectivity index (χ3v) is 5.50. The molecule has 4 unspecified atom stereocenters. The van der Waals surface area contributed by atoms with Crippen LogP contribution in [0.15, 0.2) is 18.2 Å². The van der Waals surface area contributed by atoms with Crippen LogP contribution < -0.4 is 5.32 Å². The van der Waals surface area contributed by atoms with Crippen LogP contribution in [0.5, 0.6) is 0 Å². The van der Waals surface area contributed by atoms with E-state index >= 15 is 0 Å². The molecule has 0 radical (unpaired) electrons. The number of urea groups is 1. The molecule has 0 heterocycles. The lowest BCUT2D eigenvalue weighted by Gasteiger charge is -2.27. The first-order valence-corrected chi connectivity index (χ1v) is 8.75. The number of carbonyl (C=O) groups is 1. The molecule has 1 aromatic carbocycles. The summed E-state index contributed by atoms with van der Waals surface area (Å²) in [5.41, 5.74) is 3.85. The summed E-state index contributed by atoms with van der Waals surface area (Å²) < 4.78 is 0. The molecule has 2 N–H and O–H groups in total. The zero-order chi connectivity index (χ0) is 16.6. The van der Waals surface area contributed by atoms with Crippen LogP contribution in [0.3, 0.4) is 0 Å². The van der Waals surface area contributed by atoms with Crippen LogP contribution in [0.1, 0.15) is 48.9 Å². The number of rotatable bonds is 3. The first kappa shape index (κ1) is 16.3. The number of hydrogen-bond donors (Lipinski definition) is 2. The number of amides is 2. The van der Waals surface area contributed by atoms with E-state index in [-0.39, 0.29) is 24.1 Å². The summed E-state index contributed by atoms with van der Waals surface area (Å²) in [6.07, 6.45) is 3.71. The second kappa shape index (κ2) is 6.52. The highest BCUT2D eigenvalue weighted by Crippen LogP contribution is 2.36. The topological polar surface area (TPSA) is 52.6 Å². The molecule has 2 amide bonds. The first-order valence-electron chi connectivity index (χ1n) is 8.75. The van der Waals surface area contributed by atoms with Gasteiger partial charge in [0.2, 0.25) is 0 Å². The number of benzene rings is 1. The largest absolute Gasteiger partial charge is 0.393 e. The van der Waals surface area contributed by atoms with Gasteiger partial charge in [-0.15, -0.1) is 0 Å². The molecule has 0 aromatic heterocycles. The fourth-order valence-corrected chi connectivity index (χ4v) is 4.09. The maximum Gasteiger partial charge on any atom is 0.317 e. The number of aryl methyl sites for hydroxylation is 1. The Morgan fingerprint density at radius 2 is 2.17 bits per heavy atom. The van der Waals surface area contributed by atoms with E-state index in [1.165, 1.54) is 16.7 Å². The number of fused-ring (bicyclic) bond motifs is 1. The minimum absolute atomic E-state index is 0.0321. The minimum atomic E-state index is -0.251. The molecule has 2 aliphatic carbocycles. The van der Waals surface area contributed by atoms with E-state index < -0.39 is 0 Å². The maximum absolute atomic E-state index is 12.6. The van der Waals surface area contributed by atoms with E-state index in [1.54, 1.807) is 4.90 Å². The lowest BCUT2D eigenvalue weighted by Crippen LogP contribution is -2.43. The third-order valence-electron chi connectivity index (χ3n) is 5.50. The van der Waals surface area contributed by atoms with Crippen molar-refractivity contribution in [3.63, 3.8) is 0 Å². The molecule has 1 aromatic rings. The molecule has 23 heavy (non-hydrogen) atoms. The van der Waals surface area contributed by atoms with Crippen molar-refractivity contribution < 1.29 is 9.90 Å². The Bertz CT molecular complexity index is 587. The molecule has 0 saturated heterocycles. The fourth-order valence-electron chi connectivity index (χ4n) is 4.09. The summed E-state index contributed by atoms with van der Waals surface area (Å²) in [6, 6.07) is 6.59. The van der Waals surface area contributed by atoms with Gasteiger partial charge in [-0.1, -0.05) is 37.1 Å². The molecule has 1 fully saturated rings. The second-order valence-corrected chi connectivity index (χ2v) is 7.45. The number of aliphatic hydroxyl groups is 1. The van der Waals surface area contributed by atoms with E-state index in [0.29, 0.717) is 12.5 Å². The van der Waals surface area contributed by atoms with Crippen LogP contribution in [0, 0.1) is 18.8 Å². The average Bonchev–Trinajstić information content (AvgIpc) is 3.04. The number of nitrogens with one attached hydrogen (secondary N) is 1. The quantitative estimate of drug-likeness (QED) is 0.900. The van der Waals surface area contributed by atoms with E-state index in [1.807, 2.05) is 7.05 Å². The smallest absolute Gasteiger partial charge is 0.317 e. The third kappa shape index (κ3) is 3.37. The molecule has 126 valence electrons. The lowest BCUT2D eigenvalue weighted by molar-refractivity contribution is 0.113. The Labute approximate surface area is 138 Å². The van der Waals surface area contributed by atoms with Gasteiger partial charge in [0.05, 0.1) is 12.1 Å². The van der Waals surface area contributed by atoms with Gasteiger partial charge in [-0.2, -0.15) is 0 Å². The highest BCUT2D eigenvalue weighted by molar-refractivity contribution is 5.74. The molecule has 3 rings (SSSR count). The van der Waals surface area contributed by atoms with Crippen LogP contribution in [0.2, 0.25) is 0 Å². The molecule has 4 nitrogen and oxygen atoms in total. The van der Waals surface area contributed by atoms with Crippen molar-refractivity contribution in [2.75, 3.05) is 13.6 Å². The van der Waals surface area contributed by atoms with Gasteiger partial charge in [0.1, 0.15) is 0 Å². The lowest BCUT2D eigenvalue weighted by atomic mass is 10.0. The summed E-state index contributed by atoms with van der Waals surface area (Å²) in [4.78, 5) is 14.3. The van der Waals surface area contributed by atoms with Gasteiger partial charge in [-0.25, -0.2) is 4.79 Å². The number of carbonyl (C=O) groups excluding carboxylic acids is 1. The summed E-state index contributed by atoms with van der Waals surface area (Å²) in [5.74, 6) is 0.641. The van der Waals surface area contributed by atoms with Crippen molar-refractivity contribution in [3.8, 4) is 0 Å². The molecule has 0 spiro atoms. The molecular weight excluding hydrogens is 288 g/mol. The van der Waals surface area contributed by atoms with Crippen molar-refractivity contribution in [2.45, 2.75) is 51.7 Å². The Kier molecular flexibility index (Phi) is 4.62. The number of aliphatic hydroxyl groups excluding tert-OH is 1. The summed E-state index contributed by atoms with van der Waals surface area (Å²) >= 11 is 0. The highest BCUT2D eigenvalue weighted by atomic mass is 16.3. The van der Waals surface area contributed by atoms with Gasteiger partial charge < -0.3 is 15.3 Å². The summed E-state index contributed by atoms with van der Waals surface area (Å²) in [5, 5.41) is 13.2.